The van der Waals surface area contributed by atoms with Gasteiger partial charge in [-0.1, -0.05) is 23.7 Å². The number of benzene rings is 2. The summed E-state index contributed by atoms with van der Waals surface area (Å²) in [5, 5.41) is 6.73. The molecule has 2 N–H and O–H groups in total. The van der Waals surface area contributed by atoms with Gasteiger partial charge in [-0.05, 0) is 46.6 Å². The van der Waals surface area contributed by atoms with Crippen LogP contribution < -0.4 is 15.4 Å². The van der Waals surface area contributed by atoms with E-state index in [-0.39, 0.29) is 5.91 Å². The van der Waals surface area contributed by atoms with Crippen molar-refractivity contribution in [3.8, 4) is 5.75 Å². The minimum absolute atomic E-state index is 0.0611. The molecule has 0 aliphatic carbocycles. The third-order valence-corrected chi connectivity index (χ3v) is 4.39. The number of methoxy groups -OCH3 is 1. The number of nitrogens with one attached hydrogen (secondary N) is 2. The fourth-order valence-electron chi connectivity index (χ4n) is 2.06. The van der Waals surface area contributed by atoms with E-state index in [1.165, 1.54) is 0 Å². The molecule has 0 heterocycles. The van der Waals surface area contributed by atoms with Crippen LogP contribution in [-0.4, -0.2) is 19.6 Å². The van der Waals surface area contributed by atoms with Gasteiger partial charge in [0, 0.05) is 28.5 Å². The molecule has 0 fully saturated rings. The Hall–Kier alpha value is -1.72. The van der Waals surface area contributed by atoms with Gasteiger partial charge >= 0.3 is 0 Å². The molecular weight excluding hydrogens is 380 g/mol. The van der Waals surface area contributed by atoms with E-state index < -0.39 is 0 Å². The van der Waals surface area contributed by atoms with E-state index >= 15 is 0 Å². The number of para-hydroxylation sites is 1. The standard InChI is InChI=1S/C17H18BrClN2O2/c1-11-9-15(16(23-2)10-13(11)19)20-8-7-17(22)21-14-6-4-3-5-12(14)18/h3-6,9-10,20H,7-8H2,1-2H3,(H,21,22). The van der Waals surface area contributed by atoms with Crippen molar-refractivity contribution in [2.45, 2.75) is 13.3 Å². The maximum absolute atomic E-state index is 12.0. The van der Waals surface area contributed by atoms with Crippen molar-refractivity contribution < 1.29 is 9.53 Å². The molecule has 6 heteroatoms. The van der Waals surface area contributed by atoms with E-state index in [0.29, 0.717) is 23.7 Å². The topological polar surface area (TPSA) is 50.4 Å². The summed E-state index contributed by atoms with van der Waals surface area (Å²) in [6.45, 7) is 2.42. The van der Waals surface area contributed by atoms with Crippen LogP contribution in [0.1, 0.15) is 12.0 Å². The monoisotopic (exact) mass is 396 g/mol. The third kappa shape index (κ3) is 4.88. The fourth-order valence-corrected chi connectivity index (χ4v) is 2.59. The molecule has 0 saturated heterocycles. The average Bonchev–Trinajstić information content (AvgIpc) is 2.52. The number of rotatable bonds is 6. The molecule has 0 saturated carbocycles. The number of ether oxygens (including phenoxy) is 1. The number of anilines is 2. The van der Waals surface area contributed by atoms with Crippen LogP contribution in [0.4, 0.5) is 11.4 Å². The lowest BCUT2D eigenvalue weighted by Crippen LogP contribution is -2.16. The SMILES string of the molecule is COc1cc(Cl)c(C)cc1NCCC(=O)Nc1ccccc1Br. The number of halogens is 2. The molecular formula is C17H18BrClN2O2. The average molecular weight is 398 g/mol. The van der Waals surface area contributed by atoms with Crippen molar-refractivity contribution in [3.63, 3.8) is 0 Å². The van der Waals surface area contributed by atoms with Gasteiger partial charge in [0.25, 0.3) is 0 Å². The van der Waals surface area contributed by atoms with Crippen molar-refractivity contribution in [1.29, 1.82) is 0 Å². The Morgan fingerprint density at radius 3 is 2.70 bits per heavy atom. The van der Waals surface area contributed by atoms with E-state index in [4.69, 9.17) is 16.3 Å². The Morgan fingerprint density at radius 2 is 2.00 bits per heavy atom. The van der Waals surface area contributed by atoms with Crippen molar-refractivity contribution in [2.24, 2.45) is 0 Å². The summed E-state index contributed by atoms with van der Waals surface area (Å²) in [7, 11) is 1.59. The summed E-state index contributed by atoms with van der Waals surface area (Å²) in [4.78, 5) is 12.0. The molecule has 1 amide bonds. The lowest BCUT2D eigenvalue weighted by molar-refractivity contribution is -0.115. The van der Waals surface area contributed by atoms with Gasteiger partial charge in [-0.2, -0.15) is 0 Å². The Kier molecular flexibility index (Phi) is 6.30. The van der Waals surface area contributed by atoms with Gasteiger partial charge in [0.05, 0.1) is 18.5 Å². The molecule has 4 nitrogen and oxygen atoms in total. The number of amides is 1. The van der Waals surface area contributed by atoms with Crippen LogP contribution in [0.15, 0.2) is 40.9 Å². The second kappa shape index (κ2) is 8.22. The van der Waals surface area contributed by atoms with Gasteiger partial charge in [-0.15, -0.1) is 0 Å². The van der Waals surface area contributed by atoms with E-state index in [0.717, 1.165) is 21.4 Å². The van der Waals surface area contributed by atoms with Crippen LogP contribution in [0.25, 0.3) is 0 Å². The van der Waals surface area contributed by atoms with Crippen LogP contribution >= 0.6 is 27.5 Å². The predicted octanol–water partition coefficient (Wildman–Crippen LogP) is 4.86. The van der Waals surface area contributed by atoms with Crippen molar-refractivity contribution in [1.82, 2.24) is 0 Å². The molecule has 0 atom stereocenters. The van der Waals surface area contributed by atoms with E-state index in [9.17, 15) is 4.79 Å². The zero-order chi connectivity index (χ0) is 16.8. The van der Waals surface area contributed by atoms with Crippen molar-refractivity contribution in [3.05, 3.63) is 51.5 Å². The third-order valence-electron chi connectivity index (χ3n) is 3.30. The van der Waals surface area contributed by atoms with Gasteiger partial charge in [-0.3, -0.25) is 4.79 Å². The van der Waals surface area contributed by atoms with Crippen LogP contribution in [0, 0.1) is 6.92 Å². The quantitative estimate of drug-likeness (QED) is 0.732. The first-order valence-electron chi connectivity index (χ1n) is 7.13. The van der Waals surface area contributed by atoms with Crippen LogP contribution in [0.3, 0.4) is 0 Å². The molecule has 0 aromatic heterocycles. The van der Waals surface area contributed by atoms with Crippen molar-refractivity contribution >= 4 is 44.8 Å². The highest BCUT2D eigenvalue weighted by Gasteiger charge is 2.08. The normalized spacial score (nSPS) is 10.3. The van der Waals surface area contributed by atoms with Crippen LogP contribution in [-0.2, 0) is 4.79 Å². The van der Waals surface area contributed by atoms with Crippen LogP contribution in [0.2, 0.25) is 5.02 Å². The van der Waals surface area contributed by atoms with Gasteiger partial charge in [0.2, 0.25) is 5.91 Å². The summed E-state index contributed by atoms with van der Waals surface area (Å²) in [6.07, 6.45) is 0.339. The Balaban J connectivity index is 1.91. The maximum Gasteiger partial charge on any atom is 0.226 e. The largest absolute Gasteiger partial charge is 0.495 e. The number of carbonyl (C=O) groups is 1. The summed E-state index contributed by atoms with van der Waals surface area (Å²) in [6, 6.07) is 11.2. The Morgan fingerprint density at radius 1 is 1.26 bits per heavy atom. The molecule has 0 aliphatic rings. The highest BCUT2D eigenvalue weighted by molar-refractivity contribution is 9.10. The van der Waals surface area contributed by atoms with Gasteiger partial charge in [0.15, 0.2) is 0 Å². The highest BCUT2D eigenvalue weighted by Crippen LogP contribution is 2.30. The summed E-state index contributed by atoms with van der Waals surface area (Å²) in [5.74, 6) is 0.598. The molecule has 2 rings (SSSR count). The predicted molar refractivity (Wildman–Crippen MR) is 98.6 cm³/mol. The van der Waals surface area contributed by atoms with E-state index in [1.807, 2.05) is 37.3 Å². The zero-order valence-corrected chi connectivity index (χ0v) is 15.3. The Bertz CT molecular complexity index is 707. The maximum atomic E-state index is 12.0. The number of hydrogen-bond donors (Lipinski definition) is 2. The molecule has 0 aliphatic heterocycles. The minimum atomic E-state index is -0.0611. The fraction of sp³-hybridized carbons (Fsp3) is 0.235. The smallest absolute Gasteiger partial charge is 0.226 e. The first-order valence-corrected chi connectivity index (χ1v) is 8.30. The van der Waals surface area contributed by atoms with Gasteiger partial charge < -0.3 is 15.4 Å². The molecule has 0 radical (unpaired) electrons. The number of aryl methyl sites for hydroxylation is 1. The molecule has 0 bridgehead atoms. The lowest BCUT2D eigenvalue weighted by Gasteiger charge is -2.13. The molecule has 23 heavy (non-hydrogen) atoms. The molecule has 0 unspecified atom stereocenters. The lowest BCUT2D eigenvalue weighted by atomic mass is 10.2. The molecule has 2 aromatic rings. The summed E-state index contributed by atoms with van der Waals surface area (Å²) in [5.41, 5.74) is 2.54. The molecule has 122 valence electrons. The number of hydrogen-bond acceptors (Lipinski definition) is 3. The van der Waals surface area contributed by atoms with Crippen molar-refractivity contribution in [2.75, 3.05) is 24.3 Å². The summed E-state index contributed by atoms with van der Waals surface area (Å²) < 4.78 is 6.15. The van der Waals surface area contributed by atoms with Gasteiger partial charge in [0.1, 0.15) is 5.75 Å². The second-order valence-corrected chi connectivity index (χ2v) is 6.27. The van der Waals surface area contributed by atoms with Crippen LogP contribution in [0.5, 0.6) is 5.75 Å². The second-order valence-electron chi connectivity index (χ2n) is 5.01. The summed E-state index contributed by atoms with van der Waals surface area (Å²) >= 11 is 9.48. The highest BCUT2D eigenvalue weighted by atomic mass is 79.9. The number of carbonyl (C=O) groups excluding carboxylic acids is 1. The van der Waals surface area contributed by atoms with E-state index in [1.54, 1.807) is 13.2 Å². The van der Waals surface area contributed by atoms with E-state index in [2.05, 4.69) is 26.6 Å². The first-order chi connectivity index (χ1) is 11.0. The zero-order valence-electron chi connectivity index (χ0n) is 13.0. The molecule has 2 aromatic carbocycles. The Labute approximate surface area is 149 Å². The minimum Gasteiger partial charge on any atom is -0.495 e. The van der Waals surface area contributed by atoms with Gasteiger partial charge in [-0.25, -0.2) is 0 Å². The first kappa shape index (κ1) is 17.6. The molecule has 0 spiro atoms.